The van der Waals surface area contributed by atoms with Crippen LogP contribution in [-0.2, 0) is 9.53 Å². The fourth-order valence-corrected chi connectivity index (χ4v) is 2.52. The van der Waals surface area contributed by atoms with Crippen LogP contribution in [0.1, 0.15) is 30.1 Å². The highest BCUT2D eigenvalue weighted by molar-refractivity contribution is 6.01. The van der Waals surface area contributed by atoms with Crippen LogP contribution in [-0.4, -0.2) is 36.8 Å². The largest absolute Gasteiger partial charge is 0.497 e. The zero-order valence-electron chi connectivity index (χ0n) is 12.1. The first-order chi connectivity index (χ1) is 10.1. The Labute approximate surface area is 123 Å². The SMILES string of the molecule is CCC1OCCC1C(=O)Nc1cc(OC)ccc1C(=O)O. The standard InChI is InChI=1S/C15H19NO5/c1-3-13-11(6-7-21-13)14(17)16-12-8-9(20-2)4-5-10(12)15(18)19/h4-5,8,11,13H,3,6-7H2,1-2H3,(H,16,17)(H,18,19). The van der Waals surface area contributed by atoms with Crippen molar-refractivity contribution in [2.24, 2.45) is 5.92 Å². The van der Waals surface area contributed by atoms with Gasteiger partial charge in [-0.05, 0) is 25.0 Å². The highest BCUT2D eigenvalue weighted by Gasteiger charge is 2.33. The number of hydrogen-bond donors (Lipinski definition) is 2. The highest BCUT2D eigenvalue weighted by atomic mass is 16.5. The summed E-state index contributed by atoms with van der Waals surface area (Å²) in [5, 5.41) is 11.9. The van der Waals surface area contributed by atoms with Crippen molar-refractivity contribution in [1.29, 1.82) is 0 Å². The van der Waals surface area contributed by atoms with Gasteiger partial charge in [-0.25, -0.2) is 4.79 Å². The van der Waals surface area contributed by atoms with Gasteiger partial charge in [0.2, 0.25) is 5.91 Å². The quantitative estimate of drug-likeness (QED) is 0.869. The van der Waals surface area contributed by atoms with Crippen molar-refractivity contribution in [3.63, 3.8) is 0 Å². The van der Waals surface area contributed by atoms with E-state index in [-0.39, 0.29) is 29.2 Å². The molecule has 2 unspecified atom stereocenters. The minimum absolute atomic E-state index is 0.0381. The monoisotopic (exact) mass is 293 g/mol. The lowest BCUT2D eigenvalue weighted by atomic mass is 9.98. The number of aromatic carboxylic acids is 1. The first-order valence-electron chi connectivity index (χ1n) is 6.90. The predicted molar refractivity (Wildman–Crippen MR) is 76.7 cm³/mol. The van der Waals surface area contributed by atoms with E-state index >= 15 is 0 Å². The van der Waals surface area contributed by atoms with Gasteiger partial charge >= 0.3 is 5.97 Å². The Hall–Kier alpha value is -2.08. The summed E-state index contributed by atoms with van der Waals surface area (Å²) in [4.78, 5) is 23.6. The Morgan fingerprint density at radius 3 is 2.86 bits per heavy atom. The van der Waals surface area contributed by atoms with Crippen molar-refractivity contribution >= 4 is 17.6 Å². The third-order valence-electron chi connectivity index (χ3n) is 3.66. The number of nitrogens with one attached hydrogen (secondary N) is 1. The Balaban J connectivity index is 2.21. The van der Waals surface area contributed by atoms with Crippen LogP contribution >= 0.6 is 0 Å². The summed E-state index contributed by atoms with van der Waals surface area (Å²) in [6, 6.07) is 4.48. The van der Waals surface area contributed by atoms with Crippen LogP contribution in [0.25, 0.3) is 0 Å². The number of methoxy groups -OCH3 is 1. The van der Waals surface area contributed by atoms with Crippen molar-refractivity contribution in [2.75, 3.05) is 19.0 Å². The van der Waals surface area contributed by atoms with Crippen LogP contribution in [0.2, 0.25) is 0 Å². The van der Waals surface area contributed by atoms with Crippen LogP contribution in [0.15, 0.2) is 18.2 Å². The van der Waals surface area contributed by atoms with Crippen LogP contribution in [0.4, 0.5) is 5.69 Å². The van der Waals surface area contributed by atoms with Gasteiger partial charge in [-0.3, -0.25) is 4.79 Å². The van der Waals surface area contributed by atoms with Gasteiger partial charge in [0.05, 0.1) is 30.4 Å². The second kappa shape index (κ2) is 6.58. The third kappa shape index (κ3) is 3.33. The van der Waals surface area contributed by atoms with Crippen LogP contribution in [0.5, 0.6) is 5.75 Å². The molecule has 114 valence electrons. The zero-order chi connectivity index (χ0) is 15.4. The van der Waals surface area contributed by atoms with E-state index in [1.165, 1.54) is 19.2 Å². The molecule has 6 nitrogen and oxygen atoms in total. The number of ether oxygens (including phenoxy) is 2. The maximum Gasteiger partial charge on any atom is 0.337 e. The van der Waals surface area contributed by atoms with Crippen molar-refractivity contribution in [1.82, 2.24) is 0 Å². The maximum atomic E-state index is 12.3. The number of amides is 1. The molecular weight excluding hydrogens is 274 g/mol. The van der Waals surface area contributed by atoms with E-state index in [2.05, 4.69) is 5.32 Å². The second-order valence-electron chi connectivity index (χ2n) is 4.92. The second-order valence-corrected chi connectivity index (χ2v) is 4.92. The van der Waals surface area contributed by atoms with Crippen LogP contribution in [0.3, 0.4) is 0 Å². The molecule has 0 radical (unpaired) electrons. The number of rotatable bonds is 5. The van der Waals surface area contributed by atoms with Crippen molar-refractivity contribution in [3.05, 3.63) is 23.8 Å². The highest BCUT2D eigenvalue weighted by Crippen LogP contribution is 2.27. The molecule has 0 spiro atoms. The van der Waals surface area contributed by atoms with Crippen molar-refractivity contribution in [3.8, 4) is 5.75 Å². The molecule has 2 atom stereocenters. The Morgan fingerprint density at radius 1 is 1.48 bits per heavy atom. The summed E-state index contributed by atoms with van der Waals surface area (Å²) in [5.41, 5.74) is 0.282. The fraction of sp³-hybridized carbons (Fsp3) is 0.467. The number of benzene rings is 1. The molecule has 2 rings (SSSR count). The maximum absolute atomic E-state index is 12.3. The summed E-state index contributed by atoms with van der Waals surface area (Å²) in [6.07, 6.45) is 1.29. The average Bonchev–Trinajstić information content (AvgIpc) is 2.95. The molecule has 0 aliphatic carbocycles. The minimum Gasteiger partial charge on any atom is -0.497 e. The molecule has 2 N–H and O–H groups in total. The molecular formula is C15H19NO5. The van der Waals surface area contributed by atoms with E-state index in [9.17, 15) is 14.7 Å². The minimum atomic E-state index is -1.09. The van der Waals surface area contributed by atoms with Gasteiger partial charge in [-0.2, -0.15) is 0 Å². The van der Waals surface area contributed by atoms with Crippen molar-refractivity contribution in [2.45, 2.75) is 25.9 Å². The molecule has 0 saturated carbocycles. The van der Waals surface area contributed by atoms with Gasteiger partial charge in [0, 0.05) is 12.7 Å². The zero-order valence-corrected chi connectivity index (χ0v) is 12.1. The lowest BCUT2D eigenvalue weighted by Gasteiger charge is -2.17. The van der Waals surface area contributed by atoms with Gasteiger partial charge in [-0.1, -0.05) is 6.92 Å². The summed E-state index contributed by atoms with van der Waals surface area (Å²) in [5.74, 6) is -1.06. The lowest BCUT2D eigenvalue weighted by molar-refractivity contribution is -0.121. The number of anilines is 1. The molecule has 1 amide bonds. The smallest absolute Gasteiger partial charge is 0.337 e. The Morgan fingerprint density at radius 2 is 2.24 bits per heavy atom. The average molecular weight is 293 g/mol. The molecule has 0 bridgehead atoms. The Bertz CT molecular complexity index is 543. The summed E-state index contributed by atoms with van der Waals surface area (Å²) < 4.78 is 10.6. The van der Waals surface area contributed by atoms with E-state index in [1.54, 1.807) is 6.07 Å². The van der Waals surface area contributed by atoms with Gasteiger partial charge < -0.3 is 19.9 Å². The molecule has 1 aliphatic heterocycles. The van der Waals surface area contributed by atoms with E-state index < -0.39 is 5.97 Å². The molecule has 1 saturated heterocycles. The lowest BCUT2D eigenvalue weighted by Crippen LogP contribution is -2.29. The molecule has 1 heterocycles. The fourth-order valence-electron chi connectivity index (χ4n) is 2.52. The van der Waals surface area contributed by atoms with E-state index in [4.69, 9.17) is 9.47 Å². The molecule has 6 heteroatoms. The molecule has 1 aromatic rings. The van der Waals surface area contributed by atoms with E-state index in [1.807, 2.05) is 6.92 Å². The van der Waals surface area contributed by atoms with Crippen LogP contribution in [0, 0.1) is 5.92 Å². The molecule has 1 aromatic carbocycles. The number of carbonyl (C=O) groups excluding carboxylic acids is 1. The number of carboxylic acid groups (broad SMARTS) is 1. The molecule has 0 aromatic heterocycles. The number of carbonyl (C=O) groups is 2. The van der Waals surface area contributed by atoms with Gasteiger partial charge in [0.25, 0.3) is 0 Å². The molecule has 1 fully saturated rings. The predicted octanol–water partition coefficient (Wildman–Crippen LogP) is 2.15. The van der Waals surface area contributed by atoms with Crippen molar-refractivity contribution < 1.29 is 24.2 Å². The van der Waals surface area contributed by atoms with E-state index in [0.29, 0.717) is 18.8 Å². The summed E-state index contributed by atoms with van der Waals surface area (Å²) in [7, 11) is 1.49. The van der Waals surface area contributed by atoms with Gasteiger partial charge in [-0.15, -0.1) is 0 Å². The van der Waals surface area contributed by atoms with E-state index in [0.717, 1.165) is 6.42 Å². The summed E-state index contributed by atoms with van der Waals surface area (Å²) >= 11 is 0. The molecule has 1 aliphatic rings. The number of carboxylic acids is 1. The van der Waals surface area contributed by atoms with Crippen LogP contribution < -0.4 is 10.1 Å². The van der Waals surface area contributed by atoms with Gasteiger partial charge in [0.15, 0.2) is 0 Å². The normalized spacial score (nSPS) is 21.0. The topological polar surface area (TPSA) is 84.9 Å². The summed E-state index contributed by atoms with van der Waals surface area (Å²) in [6.45, 7) is 2.52. The third-order valence-corrected chi connectivity index (χ3v) is 3.66. The first kappa shape index (κ1) is 15.3. The first-order valence-corrected chi connectivity index (χ1v) is 6.90. The number of hydrogen-bond acceptors (Lipinski definition) is 4. The molecule has 21 heavy (non-hydrogen) atoms. The van der Waals surface area contributed by atoms with Gasteiger partial charge in [0.1, 0.15) is 5.75 Å². The Kier molecular flexibility index (Phi) is 4.80.